The Kier molecular flexibility index (Phi) is 5.61. The van der Waals surface area contributed by atoms with E-state index in [-0.39, 0.29) is 17.9 Å². The minimum absolute atomic E-state index is 0.0964. The highest BCUT2D eigenvalue weighted by Crippen LogP contribution is 2.41. The Morgan fingerprint density at radius 2 is 1.97 bits per heavy atom. The molecule has 2 amide bonds. The van der Waals surface area contributed by atoms with Crippen molar-refractivity contribution in [3.63, 3.8) is 0 Å². The van der Waals surface area contributed by atoms with Gasteiger partial charge in [0.1, 0.15) is 11.9 Å². The molecule has 30 heavy (non-hydrogen) atoms. The highest BCUT2D eigenvalue weighted by atomic mass is 16.2. The van der Waals surface area contributed by atoms with Gasteiger partial charge in [-0.1, -0.05) is 18.9 Å². The van der Waals surface area contributed by atoms with E-state index < -0.39 is 0 Å². The van der Waals surface area contributed by atoms with Gasteiger partial charge in [-0.15, -0.1) is 0 Å². The van der Waals surface area contributed by atoms with E-state index in [1.807, 2.05) is 45.2 Å². The summed E-state index contributed by atoms with van der Waals surface area (Å²) < 4.78 is 0. The Labute approximate surface area is 177 Å². The second kappa shape index (κ2) is 8.34. The zero-order valence-electron chi connectivity index (χ0n) is 17.8. The predicted octanol–water partition coefficient (Wildman–Crippen LogP) is 3.69. The van der Waals surface area contributed by atoms with Gasteiger partial charge in [0.25, 0.3) is 5.91 Å². The highest BCUT2D eigenvalue weighted by molar-refractivity contribution is 6.05. The SMILES string of the molecule is CCNC(=O)c1cccc(Nc2cc3c(cn2)N(C)C(=O)C(C)N3C2CCCC2)c1. The minimum atomic E-state index is -0.193. The van der Waals surface area contributed by atoms with Gasteiger partial charge in [-0.05, 0) is 44.9 Å². The maximum atomic E-state index is 12.8. The lowest BCUT2D eigenvalue weighted by atomic mass is 10.0. The summed E-state index contributed by atoms with van der Waals surface area (Å²) >= 11 is 0. The number of nitrogens with one attached hydrogen (secondary N) is 2. The Morgan fingerprint density at radius 1 is 1.20 bits per heavy atom. The summed E-state index contributed by atoms with van der Waals surface area (Å²) in [7, 11) is 1.81. The van der Waals surface area contributed by atoms with Gasteiger partial charge in [-0.3, -0.25) is 9.59 Å². The first-order valence-corrected chi connectivity index (χ1v) is 10.7. The van der Waals surface area contributed by atoms with E-state index in [4.69, 9.17) is 0 Å². The third-order valence-electron chi connectivity index (χ3n) is 6.06. The van der Waals surface area contributed by atoms with Gasteiger partial charge < -0.3 is 20.4 Å². The number of aromatic nitrogens is 1. The molecule has 1 atom stereocenters. The number of likely N-dealkylation sites (N-methyl/N-ethyl adjacent to an activating group) is 1. The Morgan fingerprint density at radius 3 is 2.70 bits per heavy atom. The van der Waals surface area contributed by atoms with Gasteiger partial charge in [0.05, 0.1) is 17.6 Å². The summed E-state index contributed by atoms with van der Waals surface area (Å²) in [4.78, 5) is 33.4. The lowest BCUT2D eigenvalue weighted by molar-refractivity contribution is -0.119. The van der Waals surface area contributed by atoms with Crippen molar-refractivity contribution in [2.75, 3.05) is 28.7 Å². The van der Waals surface area contributed by atoms with Crippen LogP contribution in [-0.2, 0) is 4.79 Å². The van der Waals surface area contributed by atoms with Crippen molar-refractivity contribution in [3.8, 4) is 0 Å². The second-order valence-electron chi connectivity index (χ2n) is 8.04. The Balaban J connectivity index is 1.65. The van der Waals surface area contributed by atoms with Gasteiger partial charge in [-0.2, -0.15) is 0 Å². The average molecular weight is 408 g/mol. The van der Waals surface area contributed by atoms with Crippen LogP contribution in [0.25, 0.3) is 0 Å². The van der Waals surface area contributed by atoms with E-state index >= 15 is 0 Å². The second-order valence-corrected chi connectivity index (χ2v) is 8.04. The van der Waals surface area contributed by atoms with Crippen molar-refractivity contribution < 1.29 is 9.59 Å². The number of rotatable bonds is 5. The normalized spacial score (nSPS) is 19.0. The van der Waals surface area contributed by atoms with Crippen molar-refractivity contribution in [1.82, 2.24) is 10.3 Å². The number of hydrogen-bond donors (Lipinski definition) is 2. The molecule has 1 aromatic carbocycles. The number of amides is 2. The Bertz CT molecular complexity index is 954. The molecule has 2 N–H and O–H groups in total. The van der Waals surface area contributed by atoms with Gasteiger partial charge in [0.15, 0.2) is 0 Å². The van der Waals surface area contributed by atoms with E-state index in [2.05, 4.69) is 20.5 Å². The van der Waals surface area contributed by atoms with E-state index in [9.17, 15) is 9.59 Å². The van der Waals surface area contributed by atoms with Crippen molar-refractivity contribution in [2.24, 2.45) is 0 Å². The first-order chi connectivity index (χ1) is 14.5. The monoisotopic (exact) mass is 407 g/mol. The molecule has 4 rings (SSSR count). The summed E-state index contributed by atoms with van der Waals surface area (Å²) in [6, 6.07) is 9.59. The number of anilines is 4. The lowest BCUT2D eigenvalue weighted by Gasteiger charge is -2.43. The summed E-state index contributed by atoms with van der Waals surface area (Å²) in [5, 5.41) is 6.14. The van der Waals surface area contributed by atoms with Crippen LogP contribution in [0.3, 0.4) is 0 Å². The number of fused-ring (bicyclic) bond motifs is 1. The zero-order valence-corrected chi connectivity index (χ0v) is 17.8. The molecule has 158 valence electrons. The number of benzene rings is 1. The number of hydrogen-bond acceptors (Lipinski definition) is 5. The topological polar surface area (TPSA) is 77.6 Å². The van der Waals surface area contributed by atoms with Gasteiger partial charge >= 0.3 is 0 Å². The molecule has 0 saturated heterocycles. The quantitative estimate of drug-likeness (QED) is 0.790. The highest BCUT2D eigenvalue weighted by Gasteiger charge is 2.38. The summed E-state index contributed by atoms with van der Waals surface area (Å²) in [6.07, 6.45) is 6.39. The van der Waals surface area contributed by atoms with Gasteiger partial charge in [0, 0.05) is 37.0 Å². The van der Waals surface area contributed by atoms with Crippen molar-refractivity contribution in [3.05, 3.63) is 42.1 Å². The van der Waals surface area contributed by atoms with Gasteiger partial charge in [-0.25, -0.2) is 4.98 Å². The molecule has 0 spiro atoms. The average Bonchev–Trinajstić information content (AvgIpc) is 3.27. The van der Waals surface area contributed by atoms with Crippen LogP contribution in [0.15, 0.2) is 36.5 Å². The van der Waals surface area contributed by atoms with E-state index in [1.165, 1.54) is 12.8 Å². The van der Waals surface area contributed by atoms with Gasteiger partial charge in [0.2, 0.25) is 5.91 Å². The van der Waals surface area contributed by atoms with Crippen LogP contribution in [0, 0.1) is 0 Å². The molecular weight excluding hydrogens is 378 g/mol. The molecule has 2 aliphatic rings. The first kappa shape index (κ1) is 20.2. The standard InChI is InChI=1S/C23H29N5O2/c1-4-24-22(29)16-8-7-9-17(12-16)26-21-13-19-20(14-25-21)27(3)23(30)15(2)28(19)18-10-5-6-11-18/h7-9,12-15,18H,4-6,10-11H2,1-3H3,(H,24,29)(H,25,26). The molecule has 2 aromatic rings. The zero-order chi connectivity index (χ0) is 21.3. The summed E-state index contributed by atoms with van der Waals surface area (Å²) in [5.74, 6) is 0.701. The molecule has 1 aliphatic heterocycles. The molecule has 2 heterocycles. The third kappa shape index (κ3) is 3.72. The van der Waals surface area contributed by atoms with Crippen LogP contribution in [-0.4, -0.2) is 42.5 Å². The van der Waals surface area contributed by atoms with Crippen LogP contribution in [0.1, 0.15) is 49.9 Å². The first-order valence-electron chi connectivity index (χ1n) is 10.7. The van der Waals surface area contributed by atoms with Crippen LogP contribution in [0.4, 0.5) is 22.9 Å². The predicted molar refractivity (Wildman–Crippen MR) is 120 cm³/mol. The number of nitrogens with zero attached hydrogens (tertiary/aromatic N) is 3. The number of pyridine rings is 1. The Hall–Kier alpha value is -3.09. The van der Waals surface area contributed by atoms with E-state index in [0.29, 0.717) is 24.0 Å². The van der Waals surface area contributed by atoms with Crippen LogP contribution < -0.4 is 20.4 Å². The van der Waals surface area contributed by atoms with Crippen LogP contribution in [0.5, 0.6) is 0 Å². The molecule has 0 radical (unpaired) electrons. The molecular formula is C23H29N5O2. The third-order valence-corrected chi connectivity index (χ3v) is 6.06. The fourth-order valence-electron chi connectivity index (χ4n) is 4.54. The molecule has 1 fully saturated rings. The molecule has 7 nitrogen and oxygen atoms in total. The van der Waals surface area contributed by atoms with E-state index in [0.717, 1.165) is 29.9 Å². The number of carbonyl (C=O) groups is 2. The molecule has 7 heteroatoms. The summed E-state index contributed by atoms with van der Waals surface area (Å²) in [6.45, 7) is 4.48. The lowest BCUT2D eigenvalue weighted by Crippen LogP contribution is -2.54. The number of carbonyl (C=O) groups excluding carboxylic acids is 2. The van der Waals surface area contributed by atoms with Crippen molar-refractivity contribution in [2.45, 2.75) is 51.6 Å². The minimum Gasteiger partial charge on any atom is -0.355 e. The smallest absolute Gasteiger partial charge is 0.251 e. The molecule has 1 unspecified atom stereocenters. The fourth-order valence-corrected chi connectivity index (χ4v) is 4.54. The maximum absolute atomic E-state index is 12.8. The van der Waals surface area contributed by atoms with Crippen molar-refractivity contribution in [1.29, 1.82) is 0 Å². The molecule has 1 aliphatic carbocycles. The van der Waals surface area contributed by atoms with E-state index in [1.54, 1.807) is 17.2 Å². The fraction of sp³-hybridized carbons (Fsp3) is 0.435. The van der Waals surface area contributed by atoms with Crippen LogP contribution in [0.2, 0.25) is 0 Å². The van der Waals surface area contributed by atoms with Crippen LogP contribution >= 0.6 is 0 Å². The van der Waals surface area contributed by atoms with Crippen molar-refractivity contribution >= 4 is 34.7 Å². The molecule has 0 bridgehead atoms. The summed E-state index contributed by atoms with van der Waals surface area (Å²) in [5.41, 5.74) is 3.28. The molecule has 1 saturated carbocycles. The maximum Gasteiger partial charge on any atom is 0.251 e. The molecule has 1 aromatic heterocycles. The largest absolute Gasteiger partial charge is 0.355 e.